The lowest BCUT2D eigenvalue weighted by Crippen LogP contribution is -2.19. The van der Waals surface area contributed by atoms with Gasteiger partial charge in [0.25, 0.3) is 0 Å². The molecule has 0 aliphatic rings. The maximum absolute atomic E-state index is 12.2. The molecule has 0 aliphatic carbocycles. The van der Waals surface area contributed by atoms with Crippen LogP contribution in [0.1, 0.15) is 82.9 Å². The Morgan fingerprint density at radius 3 is 1.00 bits per heavy atom. The molecule has 15 heteroatoms. The molecule has 3 aromatic rings. The average molecular weight is 568 g/mol. The molecule has 0 aliphatic heterocycles. The van der Waals surface area contributed by atoms with Crippen LogP contribution in [0.15, 0.2) is 60.7 Å². The monoisotopic (exact) mass is 568 g/mol. The zero-order valence-corrected chi connectivity index (χ0v) is 20.1. The van der Waals surface area contributed by atoms with Crippen LogP contribution < -0.4 is 0 Å². The Labute approximate surface area is 227 Å². The third-order valence-corrected chi connectivity index (χ3v) is 4.98. The molecule has 15 nitrogen and oxygen atoms in total. The summed E-state index contributed by atoms with van der Waals surface area (Å²) >= 11 is 0. The number of carboxylic acid groups (broad SMARTS) is 6. The molecule has 210 valence electrons. The van der Waals surface area contributed by atoms with Crippen molar-refractivity contribution in [1.82, 2.24) is 0 Å². The molecule has 0 heterocycles. The molecule has 0 bridgehead atoms. The van der Waals surface area contributed by atoms with E-state index < -0.39 is 81.1 Å². The molecule has 3 rings (SSSR count). The van der Waals surface area contributed by atoms with Gasteiger partial charge in [-0.1, -0.05) is 6.07 Å². The Kier molecular flexibility index (Phi) is 9.72. The quantitative estimate of drug-likeness (QED) is 0.168. The maximum Gasteiger partial charge on any atom is 0.346 e. The summed E-state index contributed by atoms with van der Waals surface area (Å²) in [4.78, 5) is 89.6. The van der Waals surface area contributed by atoms with Gasteiger partial charge in [-0.25, -0.2) is 38.4 Å². The number of ether oxygens (including phenoxy) is 1. The third kappa shape index (κ3) is 7.81. The highest BCUT2D eigenvalue weighted by atomic mass is 16.6. The molecule has 0 radical (unpaired) electrons. The Morgan fingerprint density at radius 1 is 0.390 bits per heavy atom. The van der Waals surface area contributed by atoms with E-state index in [-0.39, 0.29) is 11.1 Å². The van der Waals surface area contributed by atoms with Gasteiger partial charge in [-0.3, -0.25) is 0 Å². The van der Waals surface area contributed by atoms with Crippen LogP contribution in [0.2, 0.25) is 0 Å². The number of carboxylic acids is 6. The summed E-state index contributed by atoms with van der Waals surface area (Å²) in [5, 5.41) is 53.1. The van der Waals surface area contributed by atoms with Gasteiger partial charge in [0.2, 0.25) is 0 Å². The van der Waals surface area contributed by atoms with Crippen molar-refractivity contribution >= 4 is 47.8 Å². The first-order valence-electron chi connectivity index (χ1n) is 10.7. The summed E-state index contributed by atoms with van der Waals surface area (Å²) < 4.78 is 4.51. The van der Waals surface area contributed by atoms with E-state index in [1.165, 1.54) is 18.2 Å². The molecule has 0 unspecified atom stereocenters. The molecular weight excluding hydrogens is 552 g/mol. The largest absolute Gasteiger partial charge is 0.478 e. The lowest BCUT2D eigenvalue weighted by Gasteiger charge is -2.09. The summed E-state index contributed by atoms with van der Waals surface area (Å²) in [6, 6.07) is 10.1. The summed E-state index contributed by atoms with van der Waals surface area (Å²) in [6.07, 6.45) is 0. The Bertz CT molecular complexity index is 1500. The number of rotatable bonds is 8. The second-order valence-corrected chi connectivity index (χ2v) is 7.61. The Hall–Kier alpha value is -6.38. The fourth-order valence-corrected chi connectivity index (χ4v) is 3.04. The fourth-order valence-electron chi connectivity index (χ4n) is 3.04. The van der Waals surface area contributed by atoms with Gasteiger partial charge in [0.15, 0.2) is 0 Å². The highest BCUT2D eigenvalue weighted by molar-refractivity contribution is 6.11. The van der Waals surface area contributed by atoms with Gasteiger partial charge in [0.05, 0.1) is 44.5 Å². The van der Waals surface area contributed by atoms with Gasteiger partial charge in [0.1, 0.15) is 0 Å². The highest BCUT2D eigenvalue weighted by Crippen LogP contribution is 2.18. The van der Waals surface area contributed by atoms with Gasteiger partial charge >= 0.3 is 47.8 Å². The standard InChI is InChI=1S/C18H10O11.C8H6O4/c19-13(20)7-1-3-9(11(5-7)15(23)24)17(27)29-18(28)10-4-2-8(14(21)22)6-12(10)16(25)26;9-7(10)5-2-1-3-6(4-5)8(11)12/h1-6H,(H,19,20)(H,21,22)(H,23,24)(H,25,26);1-4H,(H,9,10)(H,11,12). The van der Waals surface area contributed by atoms with E-state index in [1.54, 1.807) is 0 Å². The first-order valence-corrected chi connectivity index (χ1v) is 10.7. The second-order valence-electron chi connectivity index (χ2n) is 7.61. The molecular formula is C26H16O15. The van der Waals surface area contributed by atoms with Gasteiger partial charge in [-0.05, 0) is 54.6 Å². The Morgan fingerprint density at radius 2 is 0.707 bits per heavy atom. The zero-order chi connectivity index (χ0) is 31.0. The lowest BCUT2D eigenvalue weighted by molar-refractivity contribution is 0.0384. The van der Waals surface area contributed by atoms with Gasteiger partial charge in [-0.15, -0.1) is 0 Å². The van der Waals surface area contributed by atoms with Crippen molar-refractivity contribution in [2.45, 2.75) is 0 Å². The molecule has 41 heavy (non-hydrogen) atoms. The van der Waals surface area contributed by atoms with E-state index in [2.05, 4.69) is 4.74 Å². The van der Waals surface area contributed by atoms with E-state index in [0.717, 1.165) is 30.3 Å². The van der Waals surface area contributed by atoms with Crippen LogP contribution in [-0.4, -0.2) is 78.4 Å². The minimum atomic E-state index is -1.66. The molecule has 0 amide bonds. The third-order valence-electron chi connectivity index (χ3n) is 4.98. The van der Waals surface area contributed by atoms with Crippen molar-refractivity contribution in [3.63, 3.8) is 0 Å². The van der Waals surface area contributed by atoms with Crippen LogP contribution in [0.3, 0.4) is 0 Å². The smallest absolute Gasteiger partial charge is 0.346 e. The molecule has 0 saturated heterocycles. The summed E-state index contributed by atoms with van der Waals surface area (Å²) in [7, 11) is 0. The van der Waals surface area contributed by atoms with Crippen LogP contribution in [-0.2, 0) is 4.74 Å². The van der Waals surface area contributed by atoms with Crippen molar-refractivity contribution in [2.75, 3.05) is 0 Å². The lowest BCUT2D eigenvalue weighted by atomic mass is 10.0. The molecule has 0 spiro atoms. The summed E-state index contributed by atoms with van der Waals surface area (Å²) in [5.74, 6) is -11.4. The fraction of sp³-hybridized carbons (Fsp3) is 0. The van der Waals surface area contributed by atoms with Crippen molar-refractivity contribution in [2.24, 2.45) is 0 Å². The van der Waals surface area contributed by atoms with Crippen LogP contribution in [0, 0.1) is 0 Å². The number of hydrogen-bond acceptors (Lipinski definition) is 9. The predicted molar refractivity (Wildman–Crippen MR) is 131 cm³/mol. The number of carbonyl (C=O) groups is 8. The Balaban J connectivity index is 0.000000408. The van der Waals surface area contributed by atoms with Crippen LogP contribution in [0.25, 0.3) is 0 Å². The zero-order valence-electron chi connectivity index (χ0n) is 20.1. The second kappa shape index (κ2) is 12.9. The molecule has 6 N–H and O–H groups in total. The van der Waals surface area contributed by atoms with Crippen LogP contribution in [0.5, 0.6) is 0 Å². The van der Waals surface area contributed by atoms with Crippen LogP contribution >= 0.6 is 0 Å². The number of benzene rings is 3. The van der Waals surface area contributed by atoms with E-state index in [9.17, 15) is 38.4 Å². The number of esters is 2. The van der Waals surface area contributed by atoms with Gasteiger partial charge in [-0.2, -0.15) is 0 Å². The minimum Gasteiger partial charge on any atom is -0.478 e. The van der Waals surface area contributed by atoms with Crippen molar-refractivity contribution < 1.29 is 73.7 Å². The van der Waals surface area contributed by atoms with Gasteiger partial charge < -0.3 is 35.4 Å². The minimum absolute atomic E-state index is 0.0186. The average Bonchev–Trinajstić information content (AvgIpc) is 2.92. The molecule has 0 atom stereocenters. The van der Waals surface area contributed by atoms with E-state index in [1.807, 2.05) is 0 Å². The summed E-state index contributed by atoms with van der Waals surface area (Å²) in [5.41, 5.74) is -3.68. The van der Waals surface area contributed by atoms with Crippen LogP contribution in [0.4, 0.5) is 0 Å². The first-order chi connectivity index (χ1) is 19.1. The molecule has 0 saturated carbocycles. The maximum atomic E-state index is 12.2. The highest BCUT2D eigenvalue weighted by Gasteiger charge is 2.26. The molecule has 3 aromatic carbocycles. The number of aromatic carboxylic acids is 6. The normalized spacial score (nSPS) is 9.85. The molecule has 0 aromatic heterocycles. The number of hydrogen-bond donors (Lipinski definition) is 6. The van der Waals surface area contributed by atoms with E-state index in [4.69, 9.17) is 30.6 Å². The SMILES string of the molecule is O=C(O)c1ccc(C(=O)OC(=O)c2ccc(C(=O)O)cc2C(=O)O)c(C(=O)O)c1.O=C(O)c1cccc(C(=O)O)c1. The van der Waals surface area contributed by atoms with Crippen molar-refractivity contribution in [3.8, 4) is 0 Å². The summed E-state index contributed by atoms with van der Waals surface area (Å²) in [6.45, 7) is 0. The first kappa shape index (κ1) is 30.8. The topological polar surface area (TPSA) is 267 Å². The predicted octanol–water partition coefficient (Wildman–Crippen LogP) is 2.56. The van der Waals surface area contributed by atoms with Crippen molar-refractivity contribution in [3.05, 3.63) is 105 Å². The van der Waals surface area contributed by atoms with Crippen molar-refractivity contribution in [1.29, 1.82) is 0 Å². The van der Waals surface area contributed by atoms with Gasteiger partial charge in [0, 0.05) is 0 Å². The number of carbonyl (C=O) groups excluding carboxylic acids is 2. The molecule has 0 fully saturated rings. The van der Waals surface area contributed by atoms with E-state index in [0.29, 0.717) is 12.1 Å². The van der Waals surface area contributed by atoms with E-state index >= 15 is 0 Å².